The van der Waals surface area contributed by atoms with Gasteiger partial charge < -0.3 is 9.80 Å². The number of halogens is 6. The Morgan fingerprint density at radius 1 is 1.19 bits per heavy atom. The number of alkyl halides is 6. The van der Waals surface area contributed by atoms with Crippen LogP contribution in [0.3, 0.4) is 0 Å². The number of rotatable bonds is 5. The van der Waals surface area contributed by atoms with Crippen molar-refractivity contribution >= 4 is 23.8 Å². The van der Waals surface area contributed by atoms with E-state index in [2.05, 4.69) is 20.2 Å². The molecule has 7 nitrogen and oxygen atoms in total. The van der Waals surface area contributed by atoms with E-state index >= 15 is 0 Å². The highest BCUT2D eigenvalue weighted by Gasteiger charge is 2.44. The van der Waals surface area contributed by atoms with Crippen LogP contribution >= 0.6 is 0 Å². The predicted molar refractivity (Wildman–Crippen MR) is 104 cm³/mol. The largest absolute Gasteiger partial charge is 0.455 e. The van der Waals surface area contributed by atoms with Crippen LogP contribution in [0.2, 0.25) is 0 Å². The quantitative estimate of drug-likeness (QED) is 0.312. The van der Waals surface area contributed by atoms with E-state index in [1.165, 1.54) is 17.3 Å². The number of piperidine rings is 1. The Morgan fingerprint density at radius 2 is 1.84 bits per heavy atom. The van der Waals surface area contributed by atoms with Crippen LogP contribution in [0.5, 0.6) is 0 Å². The zero-order chi connectivity index (χ0) is 23.7. The Hall–Kier alpha value is -3.12. The number of carbonyl (C=O) groups is 1. The number of ketones is 1. The molecule has 0 amide bonds. The lowest BCUT2D eigenvalue weighted by molar-refractivity contribution is -0.137. The first-order chi connectivity index (χ1) is 14.9. The standard InChI is InChI=1S/C19H20F6N6O/c1-30(2)10-27-17-14(16(32)19(23,24)25)15(28-29-17)11-5-7-31(8-6-11)13-4-3-12(9-26-13)18(20,21)22/h3-4,9-11H,5-8H2,1-2H3,(H,28,29)/b27-10+. The Morgan fingerprint density at radius 3 is 2.34 bits per heavy atom. The molecule has 0 saturated carbocycles. The van der Waals surface area contributed by atoms with Crippen LogP contribution in [0.15, 0.2) is 23.3 Å². The third-order valence-corrected chi connectivity index (χ3v) is 4.96. The van der Waals surface area contributed by atoms with E-state index in [0.29, 0.717) is 31.7 Å². The van der Waals surface area contributed by atoms with Crippen molar-refractivity contribution in [2.24, 2.45) is 4.99 Å². The minimum atomic E-state index is -5.09. The molecule has 0 aromatic carbocycles. The maximum Gasteiger partial charge on any atom is 0.455 e. The van der Waals surface area contributed by atoms with Crippen LogP contribution < -0.4 is 4.90 Å². The fraction of sp³-hybridized carbons (Fsp3) is 0.474. The predicted octanol–water partition coefficient (Wildman–Crippen LogP) is 4.17. The van der Waals surface area contributed by atoms with Crippen LogP contribution in [-0.2, 0) is 6.18 Å². The molecule has 3 heterocycles. The summed E-state index contributed by atoms with van der Waals surface area (Å²) in [7, 11) is 3.24. The van der Waals surface area contributed by atoms with Gasteiger partial charge in [-0.15, -0.1) is 0 Å². The molecule has 3 rings (SSSR count). The lowest BCUT2D eigenvalue weighted by atomic mass is 9.90. The fourth-order valence-corrected chi connectivity index (χ4v) is 3.40. The molecule has 0 radical (unpaired) electrons. The zero-order valence-corrected chi connectivity index (χ0v) is 17.1. The van der Waals surface area contributed by atoms with Gasteiger partial charge in [0.25, 0.3) is 5.78 Å². The number of anilines is 1. The number of hydrogen-bond acceptors (Lipinski definition) is 5. The number of aliphatic imine (C=N–C) groups is 1. The van der Waals surface area contributed by atoms with E-state index in [-0.39, 0.29) is 11.5 Å². The molecule has 0 spiro atoms. The number of aromatic nitrogens is 3. The Balaban J connectivity index is 1.79. The van der Waals surface area contributed by atoms with Crippen molar-refractivity contribution in [2.45, 2.75) is 31.1 Å². The van der Waals surface area contributed by atoms with Crippen LogP contribution in [0.4, 0.5) is 38.0 Å². The van der Waals surface area contributed by atoms with Crippen molar-refractivity contribution in [3.8, 4) is 0 Å². The minimum Gasteiger partial charge on any atom is -0.369 e. The van der Waals surface area contributed by atoms with E-state index in [0.717, 1.165) is 12.3 Å². The summed E-state index contributed by atoms with van der Waals surface area (Å²) in [5.41, 5.74) is -1.49. The van der Waals surface area contributed by atoms with Crippen molar-refractivity contribution in [1.82, 2.24) is 20.1 Å². The van der Waals surface area contributed by atoms with Gasteiger partial charge in [0, 0.05) is 39.3 Å². The summed E-state index contributed by atoms with van der Waals surface area (Å²) in [6, 6.07) is 2.18. The first-order valence-electron chi connectivity index (χ1n) is 9.56. The van der Waals surface area contributed by atoms with E-state index in [9.17, 15) is 31.1 Å². The van der Waals surface area contributed by atoms with E-state index in [1.807, 2.05) is 0 Å². The monoisotopic (exact) mass is 462 g/mol. The van der Waals surface area contributed by atoms with Gasteiger partial charge in [-0.1, -0.05) is 0 Å². The van der Waals surface area contributed by atoms with Crippen molar-refractivity contribution in [1.29, 1.82) is 0 Å². The summed E-state index contributed by atoms with van der Waals surface area (Å²) in [5, 5.41) is 6.37. The number of H-pyrrole nitrogens is 1. The topological polar surface area (TPSA) is 77.5 Å². The number of aromatic amines is 1. The molecular weight excluding hydrogens is 442 g/mol. The second-order valence-corrected chi connectivity index (χ2v) is 7.53. The number of hydrogen-bond donors (Lipinski definition) is 1. The molecule has 1 aliphatic heterocycles. The summed E-state index contributed by atoms with van der Waals surface area (Å²) in [5.74, 6) is -2.43. The molecule has 1 saturated heterocycles. The zero-order valence-electron chi connectivity index (χ0n) is 17.1. The molecule has 2 aromatic heterocycles. The number of nitrogens with zero attached hydrogens (tertiary/aromatic N) is 5. The SMILES string of the molecule is CN(C)/C=N/c1[nH]nc(C2CCN(c3ccc(C(F)(F)F)cn3)CC2)c1C(=O)C(F)(F)F. The average molecular weight is 462 g/mol. The van der Waals surface area contributed by atoms with Crippen LogP contribution in [0.25, 0.3) is 0 Å². The van der Waals surface area contributed by atoms with E-state index < -0.39 is 35.2 Å². The Bertz CT molecular complexity index is 972. The van der Waals surface area contributed by atoms with E-state index in [1.54, 1.807) is 19.0 Å². The van der Waals surface area contributed by atoms with Gasteiger partial charge in [0.05, 0.1) is 23.2 Å². The molecule has 174 valence electrons. The molecular formula is C19H20F6N6O. The second-order valence-electron chi connectivity index (χ2n) is 7.53. The summed E-state index contributed by atoms with van der Waals surface area (Å²) in [4.78, 5) is 23.0. The van der Waals surface area contributed by atoms with Gasteiger partial charge >= 0.3 is 12.4 Å². The average Bonchev–Trinajstić information content (AvgIpc) is 3.14. The minimum absolute atomic E-state index is 0.0155. The molecule has 0 bridgehead atoms. The van der Waals surface area contributed by atoms with Gasteiger partial charge in [0.1, 0.15) is 5.82 Å². The third-order valence-electron chi connectivity index (χ3n) is 4.96. The third kappa shape index (κ3) is 5.19. The second kappa shape index (κ2) is 8.79. The first kappa shape index (κ1) is 23.5. The number of nitrogens with one attached hydrogen (secondary N) is 1. The highest BCUT2D eigenvalue weighted by atomic mass is 19.4. The Labute approximate surface area is 179 Å². The molecule has 2 aromatic rings. The summed E-state index contributed by atoms with van der Waals surface area (Å²) >= 11 is 0. The fourth-order valence-electron chi connectivity index (χ4n) is 3.40. The van der Waals surface area contributed by atoms with Gasteiger partial charge in [-0.3, -0.25) is 9.89 Å². The maximum absolute atomic E-state index is 13.2. The highest BCUT2D eigenvalue weighted by molar-refractivity contribution is 6.05. The van der Waals surface area contributed by atoms with Crippen molar-refractivity contribution in [3.63, 3.8) is 0 Å². The lowest BCUT2D eigenvalue weighted by Crippen LogP contribution is -2.34. The molecule has 0 unspecified atom stereocenters. The number of carbonyl (C=O) groups excluding carboxylic acids is 1. The van der Waals surface area contributed by atoms with Gasteiger partial charge in [-0.05, 0) is 25.0 Å². The Kier molecular flexibility index (Phi) is 6.46. The summed E-state index contributed by atoms with van der Waals surface area (Å²) in [6.07, 6.45) is -6.92. The first-order valence-corrected chi connectivity index (χ1v) is 9.56. The van der Waals surface area contributed by atoms with Gasteiger partial charge in [0.2, 0.25) is 0 Å². The molecule has 32 heavy (non-hydrogen) atoms. The molecule has 0 aliphatic carbocycles. The van der Waals surface area contributed by atoms with Crippen LogP contribution in [-0.4, -0.2) is 65.6 Å². The molecule has 1 N–H and O–H groups in total. The van der Waals surface area contributed by atoms with Crippen molar-refractivity contribution in [3.05, 3.63) is 35.2 Å². The lowest BCUT2D eigenvalue weighted by Gasteiger charge is -2.32. The highest BCUT2D eigenvalue weighted by Crippen LogP contribution is 2.37. The van der Waals surface area contributed by atoms with Crippen molar-refractivity contribution in [2.75, 3.05) is 32.1 Å². The van der Waals surface area contributed by atoms with Gasteiger partial charge in [0.15, 0.2) is 5.82 Å². The summed E-state index contributed by atoms with van der Waals surface area (Å²) in [6.45, 7) is 0.650. The number of Topliss-reactive ketones (excluding diaryl/α,β-unsaturated/α-hetero) is 1. The molecule has 1 fully saturated rings. The normalized spacial score (nSPS) is 16.1. The van der Waals surface area contributed by atoms with E-state index in [4.69, 9.17) is 0 Å². The molecule has 0 atom stereocenters. The number of pyridine rings is 1. The van der Waals surface area contributed by atoms with Gasteiger partial charge in [-0.25, -0.2) is 9.98 Å². The summed E-state index contributed by atoms with van der Waals surface area (Å²) < 4.78 is 77.7. The van der Waals surface area contributed by atoms with Crippen LogP contribution in [0, 0.1) is 0 Å². The maximum atomic E-state index is 13.2. The van der Waals surface area contributed by atoms with Crippen molar-refractivity contribution < 1.29 is 31.1 Å². The smallest absolute Gasteiger partial charge is 0.369 e. The van der Waals surface area contributed by atoms with Gasteiger partial charge in [-0.2, -0.15) is 31.4 Å². The molecule has 13 heteroatoms. The molecule has 1 aliphatic rings. The van der Waals surface area contributed by atoms with Crippen LogP contribution in [0.1, 0.15) is 40.4 Å².